The number of phenols is 1. The lowest BCUT2D eigenvalue weighted by molar-refractivity contribution is -0.136. The number of ether oxygens (including phenoxy) is 1. The Morgan fingerprint density at radius 3 is 2.36 bits per heavy atom. The Morgan fingerprint density at radius 1 is 0.786 bits per heavy atom. The van der Waals surface area contributed by atoms with Gasteiger partial charge in [0.15, 0.2) is 0 Å². The van der Waals surface area contributed by atoms with Crippen LogP contribution in [-0.4, -0.2) is 91.6 Å². The van der Waals surface area contributed by atoms with Crippen molar-refractivity contribution >= 4 is 29.1 Å². The maximum Gasteiger partial charge on any atom is 0.254 e. The van der Waals surface area contributed by atoms with Gasteiger partial charge in [-0.05, 0) is 78.3 Å². The Morgan fingerprint density at radius 2 is 1.59 bits per heavy atom. The molecule has 0 aromatic heterocycles. The van der Waals surface area contributed by atoms with Crippen LogP contribution in [0, 0.1) is 17.7 Å². The van der Waals surface area contributed by atoms with Crippen LogP contribution in [0.15, 0.2) is 84.9 Å². The first kappa shape index (κ1) is 36.2. The predicted octanol–water partition coefficient (Wildman–Crippen LogP) is 5.89. The van der Waals surface area contributed by atoms with Crippen LogP contribution in [-0.2, 0) is 16.1 Å². The minimum atomic E-state index is -0.355. The molecular weight excluding hydrogens is 710 g/mol. The van der Waals surface area contributed by atoms with E-state index in [0.717, 1.165) is 86.6 Å². The zero-order valence-corrected chi connectivity index (χ0v) is 31.5. The molecule has 3 saturated heterocycles. The largest absolute Gasteiger partial charge is 0.508 e. The number of benzene rings is 4. The van der Waals surface area contributed by atoms with E-state index in [1.807, 2.05) is 42.5 Å². The van der Waals surface area contributed by atoms with Crippen molar-refractivity contribution in [2.45, 2.75) is 44.1 Å². The van der Waals surface area contributed by atoms with Crippen molar-refractivity contribution in [1.29, 1.82) is 0 Å². The first-order chi connectivity index (χ1) is 27.3. The first-order valence-electron chi connectivity index (χ1n) is 20.1. The minimum absolute atomic E-state index is 0.0136. The lowest BCUT2D eigenvalue weighted by Gasteiger charge is -2.40. The van der Waals surface area contributed by atoms with E-state index in [1.54, 1.807) is 23.1 Å². The van der Waals surface area contributed by atoms with E-state index >= 15 is 4.39 Å². The SMILES string of the molecule is O=C1CC[C@@H](CN2Cc3cc(N4CCN(CC5CCN(c6ccc([C@@H]7c8ccc(O)cc8OC[C@@H]7c7ccccc7)cc6F)CC5)CC4)ccc3C2=O)C(=O)N1. The lowest BCUT2D eigenvalue weighted by atomic mass is 9.76. The summed E-state index contributed by atoms with van der Waals surface area (Å²) in [4.78, 5) is 45.9. The van der Waals surface area contributed by atoms with Crippen molar-refractivity contribution < 1.29 is 28.6 Å². The standard InChI is InChI=1S/C45H48FN5O5/c46-39-23-31(43-37-11-9-35(52)24-41(37)56-28-38(43)30-4-2-1-3-5-30)6-12-40(39)50-16-14-29(15-17-50)25-48-18-20-49(21-19-48)34-8-10-36-33(22-34)27-51(45(36)55)26-32-7-13-42(53)47-44(32)54/h1-6,8-12,22-24,29,32,38,43,52H,7,13-21,25-28H2,(H,47,53,54)/t32-,38+,43+/m0/s1. The zero-order valence-electron chi connectivity index (χ0n) is 31.5. The second kappa shape index (κ2) is 15.3. The van der Waals surface area contributed by atoms with Crippen LogP contribution in [0.1, 0.15) is 70.1 Å². The summed E-state index contributed by atoms with van der Waals surface area (Å²) >= 11 is 0. The van der Waals surface area contributed by atoms with Crippen molar-refractivity contribution in [1.82, 2.24) is 15.1 Å². The number of carbonyl (C=O) groups is 3. The number of imide groups is 1. The number of aromatic hydroxyl groups is 1. The van der Waals surface area contributed by atoms with Crippen molar-refractivity contribution in [2.24, 2.45) is 11.8 Å². The zero-order chi connectivity index (χ0) is 38.3. The molecule has 5 aliphatic heterocycles. The molecule has 0 saturated carbocycles. The molecule has 3 atom stereocenters. The quantitative estimate of drug-likeness (QED) is 0.215. The monoisotopic (exact) mass is 757 g/mol. The number of anilines is 2. The van der Waals surface area contributed by atoms with Gasteiger partial charge in [-0.15, -0.1) is 0 Å². The number of nitrogens with one attached hydrogen (secondary N) is 1. The third-order valence-corrected chi connectivity index (χ3v) is 12.7. The second-order valence-electron chi connectivity index (χ2n) is 16.1. The maximum atomic E-state index is 16.1. The van der Waals surface area contributed by atoms with Gasteiger partial charge < -0.3 is 24.5 Å². The molecule has 3 amide bonds. The summed E-state index contributed by atoms with van der Waals surface area (Å²) in [5, 5.41) is 12.5. The van der Waals surface area contributed by atoms with Crippen LogP contribution in [0.25, 0.3) is 0 Å². The van der Waals surface area contributed by atoms with E-state index in [-0.39, 0.29) is 47.0 Å². The normalized spacial score (nSPS) is 23.1. The number of piperidine rings is 2. The van der Waals surface area contributed by atoms with Crippen LogP contribution < -0.4 is 19.9 Å². The third kappa shape index (κ3) is 7.20. The fourth-order valence-electron chi connectivity index (χ4n) is 9.57. The molecule has 0 unspecified atom stereocenters. The second-order valence-corrected chi connectivity index (χ2v) is 16.1. The number of halogens is 1. The highest BCUT2D eigenvalue weighted by molar-refractivity contribution is 6.01. The molecule has 56 heavy (non-hydrogen) atoms. The molecule has 11 heteroatoms. The summed E-state index contributed by atoms with van der Waals surface area (Å²) in [6.07, 6.45) is 2.82. The Balaban J connectivity index is 0.783. The highest BCUT2D eigenvalue weighted by atomic mass is 19.1. The Labute approximate surface area is 326 Å². The maximum absolute atomic E-state index is 16.1. The fourth-order valence-corrected chi connectivity index (χ4v) is 9.57. The third-order valence-electron chi connectivity index (χ3n) is 12.7. The van der Waals surface area contributed by atoms with Gasteiger partial charge in [0, 0.05) is 100 Å². The number of hydrogen-bond acceptors (Lipinski definition) is 8. The van der Waals surface area contributed by atoms with Gasteiger partial charge in [0.2, 0.25) is 11.8 Å². The van der Waals surface area contributed by atoms with Crippen LogP contribution in [0.3, 0.4) is 0 Å². The highest BCUT2D eigenvalue weighted by Gasteiger charge is 2.36. The number of rotatable bonds is 8. The summed E-state index contributed by atoms with van der Waals surface area (Å²) in [7, 11) is 0. The number of amides is 3. The molecule has 0 aliphatic carbocycles. The van der Waals surface area contributed by atoms with Gasteiger partial charge in [-0.2, -0.15) is 0 Å². The predicted molar refractivity (Wildman–Crippen MR) is 212 cm³/mol. The first-order valence-corrected chi connectivity index (χ1v) is 20.1. The highest BCUT2D eigenvalue weighted by Crippen LogP contribution is 2.47. The fraction of sp³-hybridized carbons (Fsp3) is 0.400. The summed E-state index contributed by atoms with van der Waals surface area (Å²) < 4.78 is 22.2. The topological polar surface area (TPSA) is 106 Å². The average Bonchev–Trinajstić information content (AvgIpc) is 3.53. The number of fused-ring (bicyclic) bond motifs is 2. The van der Waals surface area contributed by atoms with Gasteiger partial charge in [-0.1, -0.05) is 42.5 Å². The summed E-state index contributed by atoms with van der Waals surface area (Å²) in [5.74, 6) is 0.135. The van der Waals surface area contributed by atoms with Crippen molar-refractivity contribution in [3.8, 4) is 11.5 Å². The van der Waals surface area contributed by atoms with Gasteiger partial charge in [0.05, 0.1) is 18.2 Å². The molecule has 0 bridgehead atoms. The van der Waals surface area contributed by atoms with Gasteiger partial charge >= 0.3 is 0 Å². The number of phenolic OH excluding ortho intramolecular Hbond substituents is 1. The molecule has 10 nitrogen and oxygen atoms in total. The smallest absolute Gasteiger partial charge is 0.254 e. The van der Waals surface area contributed by atoms with Gasteiger partial charge in [0.25, 0.3) is 5.91 Å². The molecule has 2 N–H and O–H groups in total. The summed E-state index contributed by atoms with van der Waals surface area (Å²) in [6, 6.07) is 27.3. The molecule has 3 fully saturated rings. The van der Waals surface area contributed by atoms with Crippen LogP contribution in [0.4, 0.5) is 15.8 Å². The van der Waals surface area contributed by atoms with E-state index in [1.165, 1.54) is 0 Å². The molecule has 5 heterocycles. The Bertz CT molecular complexity index is 2130. The van der Waals surface area contributed by atoms with E-state index < -0.39 is 0 Å². The Hall–Kier alpha value is -5.42. The number of carbonyl (C=O) groups excluding carboxylic acids is 3. The molecule has 0 spiro atoms. The van der Waals surface area contributed by atoms with E-state index in [9.17, 15) is 19.5 Å². The molecule has 0 radical (unpaired) electrons. The molecular formula is C45H48FN5O5. The number of hydrogen-bond donors (Lipinski definition) is 2. The average molecular weight is 758 g/mol. The van der Waals surface area contributed by atoms with Crippen molar-refractivity contribution in [3.05, 3.63) is 119 Å². The van der Waals surface area contributed by atoms with E-state index in [4.69, 9.17) is 4.74 Å². The van der Waals surface area contributed by atoms with Gasteiger partial charge in [0.1, 0.15) is 17.3 Å². The number of nitrogens with zero attached hydrogens (tertiary/aromatic N) is 4. The van der Waals surface area contributed by atoms with Crippen molar-refractivity contribution in [3.63, 3.8) is 0 Å². The summed E-state index contributed by atoms with van der Waals surface area (Å²) in [6.45, 7) is 7.69. The van der Waals surface area contributed by atoms with E-state index in [2.05, 4.69) is 44.3 Å². The number of piperazine rings is 1. The summed E-state index contributed by atoms with van der Waals surface area (Å²) in [5.41, 5.74) is 6.47. The molecule has 4 aromatic carbocycles. The van der Waals surface area contributed by atoms with Gasteiger partial charge in [-0.3, -0.25) is 24.6 Å². The van der Waals surface area contributed by atoms with Crippen molar-refractivity contribution in [2.75, 3.05) is 68.8 Å². The Kier molecular flexibility index (Phi) is 9.87. The molecule has 9 rings (SSSR count). The minimum Gasteiger partial charge on any atom is -0.508 e. The molecule has 4 aromatic rings. The lowest BCUT2D eigenvalue weighted by Crippen LogP contribution is -2.49. The molecule has 5 aliphatic rings. The van der Waals surface area contributed by atoms with Crippen LogP contribution >= 0.6 is 0 Å². The van der Waals surface area contributed by atoms with E-state index in [0.29, 0.717) is 55.5 Å². The van der Waals surface area contributed by atoms with Crippen LogP contribution in [0.5, 0.6) is 11.5 Å². The van der Waals surface area contributed by atoms with Crippen LogP contribution in [0.2, 0.25) is 0 Å². The van der Waals surface area contributed by atoms with Gasteiger partial charge in [-0.25, -0.2) is 4.39 Å². The molecule has 290 valence electrons.